The number of rotatable bonds is 8. The number of hydrogen-bond donors (Lipinski definition) is 0. The second-order valence-corrected chi connectivity index (χ2v) is 9.01. The summed E-state index contributed by atoms with van der Waals surface area (Å²) in [6.45, 7) is 4.81. The monoisotopic (exact) mass is 501 g/mol. The average molecular weight is 502 g/mol. The van der Waals surface area contributed by atoms with E-state index in [0.717, 1.165) is 62.5 Å². The summed E-state index contributed by atoms with van der Waals surface area (Å²) in [5, 5.41) is 0. The summed E-state index contributed by atoms with van der Waals surface area (Å²) in [4.78, 5) is 13.5. The van der Waals surface area contributed by atoms with Gasteiger partial charge in [0.25, 0.3) is 0 Å². The molecule has 0 aliphatic carbocycles. The van der Waals surface area contributed by atoms with E-state index in [0.29, 0.717) is 6.61 Å². The maximum absolute atomic E-state index is 13.4. The molecule has 0 amide bonds. The zero-order valence-corrected chi connectivity index (χ0v) is 21.4. The summed E-state index contributed by atoms with van der Waals surface area (Å²) in [5.41, 5.74) is 8.28. The molecule has 0 saturated heterocycles. The Bertz CT molecular complexity index is 1560. The zero-order valence-electron chi connectivity index (χ0n) is 21.4. The molecule has 188 valence electrons. The second-order valence-electron chi connectivity index (χ2n) is 9.01. The van der Waals surface area contributed by atoms with Crippen LogP contribution in [-0.4, -0.2) is 21.6 Å². The van der Waals surface area contributed by atoms with Crippen molar-refractivity contribution in [2.75, 3.05) is 6.61 Å². The fraction of sp³-hybridized carbons (Fsp3) is 0.121. The molecule has 0 spiro atoms. The summed E-state index contributed by atoms with van der Waals surface area (Å²) in [6, 6.07) is 25.3. The van der Waals surface area contributed by atoms with E-state index in [1.54, 1.807) is 12.3 Å². The van der Waals surface area contributed by atoms with Crippen molar-refractivity contribution in [1.29, 1.82) is 0 Å². The molecule has 5 heteroatoms. The number of ether oxygens (including phenoxy) is 1. The minimum Gasteiger partial charge on any atom is -0.493 e. The summed E-state index contributed by atoms with van der Waals surface area (Å²) in [5.74, 6) is 0.324. The van der Waals surface area contributed by atoms with Crippen LogP contribution in [0, 0.1) is 12.9 Å². The normalized spacial score (nSPS) is 11.1. The summed E-state index contributed by atoms with van der Waals surface area (Å²) >= 11 is 0. The van der Waals surface area contributed by atoms with Crippen LogP contribution < -0.4 is 4.74 Å². The molecule has 0 atom stereocenters. The number of hydrogen-bond acceptors (Lipinski definition) is 4. The van der Waals surface area contributed by atoms with Gasteiger partial charge in [-0.05, 0) is 60.9 Å². The Balaban J connectivity index is 1.56. The Kier molecular flexibility index (Phi) is 7.65. The Morgan fingerprint density at radius 1 is 0.737 bits per heavy atom. The van der Waals surface area contributed by atoms with E-state index in [9.17, 15) is 4.39 Å². The minimum atomic E-state index is -0.508. The molecule has 0 saturated carbocycles. The van der Waals surface area contributed by atoms with Gasteiger partial charge in [0.05, 0.1) is 18.0 Å². The first-order valence-corrected chi connectivity index (χ1v) is 12.7. The van der Waals surface area contributed by atoms with Gasteiger partial charge in [-0.3, -0.25) is 9.97 Å². The molecule has 3 aromatic heterocycles. The number of aryl methyl sites for hydroxylation is 1. The number of pyridine rings is 3. The molecule has 5 rings (SSSR count). The van der Waals surface area contributed by atoms with Crippen molar-refractivity contribution in [3.05, 3.63) is 120 Å². The van der Waals surface area contributed by atoms with E-state index in [-0.39, 0.29) is 0 Å². The van der Waals surface area contributed by atoms with Gasteiger partial charge < -0.3 is 4.74 Å². The van der Waals surface area contributed by atoms with Crippen LogP contribution in [0.4, 0.5) is 4.39 Å². The third-order valence-electron chi connectivity index (χ3n) is 6.19. The smallest absolute Gasteiger partial charge is 0.212 e. The molecule has 0 unspecified atom stereocenters. The van der Waals surface area contributed by atoms with Gasteiger partial charge in [0.1, 0.15) is 5.75 Å². The van der Waals surface area contributed by atoms with Gasteiger partial charge in [0, 0.05) is 46.4 Å². The number of halogens is 1. The third-order valence-corrected chi connectivity index (χ3v) is 6.19. The fourth-order valence-corrected chi connectivity index (χ4v) is 4.29. The second kappa shape index (κ2) is 11.6. The highest BCUT2D eigenvalue weighted by molar-refractivity contribution is 5.82. The molecule has 38 heavy (non-hydrogen) atoms. The maximum atomic E-state index is 13.4. The molecule has 0 aliphatic rings. The Morgan fingerprint density at radius 2 is 1.47 bits per heavy atom. The van der Waals surface area contributed by atoms with Gasteiger partial charge in [-0.1, -0.05) is 61.5 Å². The summed E-state index contributed by atoms with van der Waals surface area (Å²) < 4.78 is 19.4. The van der Waals surface area contributed by atoms with E-state index >= 15 is 0 Å². The average Bonchev–Trinajstić information content (AvgIpc) is 2.96. The highest BCUT2D eigenvalue weighted by Gasteiger charge is 2.14. The van der Waals surface area contributed by atoms with Gasteiger partial charge >= 0.3 is 0 Å². The van der Waals surface area contributed by atoms with Crippen LogP contribution in [0.3, 0.4) is 0 Å². The lowest BCUT2D eigenvalue weighted by Crippen LogP contribution is -1.99. The van der Waals surface area contributed by atoms with E-state index in [2.05, 4.69) is 49.2 Å². The predicted molar refractivity (Wildman–Crippen MR) is 152 cm³/mol. The first kappa shape index (κ1) is 25.0. The molecule has 0 fully saturated rings. The van der Waals surface area contributed by atoms with Gasteiger partial charge in [-0.15, -0.1) is 0 Å². The standard InChI is InChI=1S/C33H28FN3O/c1-3-17-38-30-12-8-7-11-29(30)32-23(2)18-28(22-36-32)33-25(14-13-24-9-5-4-6-10-24)19-27(21-37-33)26-15-16-31(34)35-20-26/h4-16,18-22H,3,17H2,1-2H3/b14-13+. The molecule has 3 heterocycles. The van der Waals surface area contributed by atoms with E-state index < -0.39 is 5.95 Å². The number of benzene rings is 2. The van der Waals surface area contributed by atoms with Crippen LogP contribution in [0.25, 0.3) is 45.8 Å². The van der Waals surface area contributed by atoms with Gasteiger partial charge in [-0.25, -0.2) is 4.98 Å². The lowest BCUT2D eigenvalue weighted by molar-refractivity contribution is 0.318. The first-order chi connectivity index (χ1) is 18.6. The van der Waals surface area contributed by atoms with E-state index in [1.807, 2.05) is 54.7 Å². The topological polar surface area (TPSA) is 47.9 Å². The molecule has 0 radical (unpaired) electrons. The van der Waals surface area contributed by atoms with Crippen LogP contribution >= 0.6 is 0 Å². The highest BCUT2D eigenvalue weighted by Crippen LogP contribution is 2.34. The van der Waals surface area contributed by atoms with Crippen molar-refractivity contribution >= 4 is 12.2 Å². The van der Waals surface area contributed by atoms with Gasteiger partial charge in [0.15, 0.2) is 0 Å². The van der Waals surface area contributed by atoms with Crippen LogP contribution in [0.1, 0.15) is 30.0 Å². The summed E-state index contributed by atoms with van der Waals surface area (Å²) in [7, 11) is 0. The third kappa shape index (κ3) is 5.68. The number of aromatic nitrogens is 3. The van der Waals surface area contributed by atoms with Crippen molar-refractivity contribution < 1.29 is 9.13 Å². The zero-order chi connectivity index (χ0) is 26.3. The van der Waals surface area contributed by atoms with E-state index in [4.69, 9.17) is 14.7 Å². The maximum Gasteiger partial charge on any atom is 0.212 e. The molecule has 5 aromatic rings. The highest BCUT2D eigenvalue weighted by atomic mass is 19.1. The first-order valence-electron chi connectivity index (χ1n) is 12.7. The molecular formula is C33H28FN3O. The lowest BCUT2D eigenvalue weighted by Gasteiger charge is -2.14. The van der Waals surface area contributed by atoms with Crippen LogP contribution in [-0.2, 0) is 0 Å². The number of para-hydroxylation sites is 1. The van der Waals surface area contributed by atoms with Crippen molar-refractivity contribution in [2.24, 2.45) is 0 Å². The van der Waals surface area contributed by atoms with Gasteiger partial charge in [-0.2, -0.15) is 4.39 Å². The number of nitrogens with zero attached hydrogens (tertiary/aromatic N) is 3. The van der Waals surface area contributed by atoms with Crippen molar-refractivity contribution in [3.63, 3.8) is 0 Å². The minimum absolute atomic E-state index is 0.508. The van der Waals surface area contributed by atoms with Gasteiger partial charge in [0.2, 0.25) is 5.95 Å². The Labute approximate surface area is 222 Å². The molecule has 0 aliphatic heterocycles. The Hall–Kier alpha value is -4.64. The van der Waals surface area contributed by atoms with Crippen LogP contribution in [0.5, 0.6) is 5.75 Å². The van der Waals surface area contributed by atoms with Crippen LogP contribution in [0.2, 0.25) is 0 Å². The molecule has 0 N–H and O–H groups in total. The quantitative estimate of drug-likeness (QED) is 0.201. The van der Waals surface area contributed by atoms with Crippen molar-refractivity contribution in [1.82, 2.24) is 15.0 Å². The Morgan fingerprint density at radius 3 is 2.24 bits per heavy atom. The predicted octanol–water partition coefficient (Wildman–Crippen LogP) is 8.28. The fourth-order valence-electron chi connectivity index (χ4n) is 4.29. The van der Waals surface area contributed by atoms with Crippen LogP contribution in [0.15, 0.2) is 97.5 Å². The molecule has 0 bridgehead atoms. The largest absolute Gasteiger partial charge is 0.493 e. The SMILES string of the molecule is CCCOc1ccccc1-c1ncc(-c2ncc(-c3ccc(F)nc3)cc2/C=C/c2ccccc2)cc1C. The summed E-state index contributed by atoms with van der Waals surface area (Å²) in [6.07, 6.45) is 10.2. The van der Waals surface area contributed by atoms with Crippen molar-refractivity contribution in [3.8, 4) is 39.4 Å². The molecular weight excluding hydrogens is 473 g/mol. The van der Waals surface area contributed by atoms with Crippen molar-refractivity contribution in [2.45, 2.75) is 20.3 Å². The lowest BCUT2D eigenvalue weighted by atomic mass is 9.99. The molecule has 4 nitrogen and oxygen atoms in total. The van der Waals surface area contributed by atoms with E-state index in [1.165, 1.54) is 12.3 Å². The molecule has 2 aromatic carbocycles.